The van der Waals surface area contributed by atoms with Gasteiger partial charge < -0.3 is 20.4 Å². The molecule has 6 nitrogen and oxygen atoms in total. The lowest BCUT2D eigenvalue weighted by atomic mass is 10.0. The monoisotopic (exact) mass is 430 g/mol. The Bertz CT molecular complexity index is 812. The molecule has 7 heteroatoms. The summed E-state index contributed by atoms with van der Waals surface area (Å²) in [4.78, 5) is 29.3. The summed E-state index contributed by atoms with van der Waals surface area (Å²) in [6, 6.07) is 13.1. The minimum absolute atomic E-state index is 0.0880. The van der Waals surface area contributed by atoms with Crippen LogP contribution >= 0.6 is 11.3 Å². The summed E-state index contributed by atoms with van der Waals surface area (Å²) >= 11 is 1.73. The molecule has 0 spiro atoms. The van der Waals surface area contributed by atoms with E-state index in [9.17, 15) is 9.59 Å². The lowest BCUT2D eigenvalue weighted by Gasteiger charge is -2.31. The number of aryl methyl sites for hydroxylation is 1. The molecule has 1 aromatic carbocycles. The van der Waals surface area contributed by atoms with Gasteiger partial charge >= 0.3 is 0 Å². The lowest BCUT2D eigenvalue weighted by molar-refractivity contribution is -0.896. The molecule has 1 atom stereocenters. The molecule has 1 aliphatic rings. The van der Waals surface area contributed by atoms with E-state index in [4.69, 9.17) is 0 Å². The second kappa shape index (κ2) is 10.7. The van der Waals surface area contributed by atoms with E-state index in [0.29, 0.717) is 26.2 Å². The van der Waals surface area contributed by atoms with Crippen LogP contribution < -0.4 is 15.5 Å². The van der Waals surface area contributed by atoms with Crippen LogP contribution in [-0.2, 0) is 9.59 Å². The highest BCUT2D eigenvalue weighted by Crippen LogP contribution is 2.22. The van der Waals surface area contributed by atoms with Gasteiger partial charge in [0.25, 0.3) is 11.8 Å². The second-order valence-electron chi connectivity index (χ2n) is 8.37. The van der Waals surface area contributed by atoms with Gasteiger partial charge in [0.2, 0.25) is 0 Å². The van der Waals surface area contributed by atoms with E-state index in [-0.39, 0.29) is 23.9 Å². The smallest absolute Gasteiger partial charge is 0.278 e. The molecule has 1 fully saturated rings. The number of carbonyl (C=O) groups is 2. The summed E-state index contributed by atoms with van der Waals surface area (Å²) in [6.07, 6.45) is 0. The molecule has 2 heterocycles. The van der Waals surface area contributed by atoms with Crippen LogP contribution in [0.15, 0.2) is 41.8 Å². The molecule has 0 unspecified atom stereocenters. The van der Waals surface area contributed by atoms with Crippen molar-refractivity contribution in [2.24, 2.45) is 0 Å². The molecule has 0 bridgehead atoms. The summed E-state index contributed by atoms with van der Waals surface area (Å²) in [5.74, 6) is 0.263. The van der Waals surface area contributed by atoms with Crippen molar-refractivity contribution in [3.05, 3.63) is 57.8 Å². The second-order valence-corrected chi connectivity index (χ2v) is 9.35. The topological polar surface area (TPSA) is 70.5 Å². The molecule has 0 radical (unpaired) electrons. The SMILES string of the molecule is Cc1ccc([C@@H]([NH2+]CC(=O)N2CC[NH+](CC(=O)NC(C)C)CC2)c2cccs2)cc1. The fraction of sp³-hybridized carbons (Fsp3) is 0.478. The Kier molecular flexibility index (Phi) is 8.01. The average molecular weight is 431 g/mol. The fourth-order valence-corrected chi connectivity index (χ4v) is 4.71. The van der Waals surface area contributed by atoms with Crippen LogP contribution in [-0.4, -0.2) is 62.0 Å². The van der Waals surface area contributed by atoms with Gasteiger partial charge in [-0.15, -0.1) is 11.3 Å². The van der Waals surface area contributed by atoms with Crippen LogP contribution in [0, 0.1) is 6.92 Å². The van der Waals surface area contributed by atoms with Gasteiger partial charge in [-0.1, -0.05) is 35.9 Å². The molecule has 3 rings (SSSR count). The van der Waals surface area contributed by atoms with Crippen LogP contribution in [0.3, 0.4) is 0 Å². The third-order valence-corrected chi connectivity index (χ3v) is 6.45. The van der Waals surface area contributed by atoms with Gasteiger partial charge in [-0.3, -0.25) is 9.59 Å². The van der Waals surface area contributed by atoms with Crippen LogP contribution in [0.2, 0.25) is 0 Å². The molecule has 2 amide bonds. The van der Waals surface area contributed by atoms with E-state index >= 15 is 0 Å². The molecular formula is C23H34N4O2S+2. The number of amides is 2. The lowest BCUT2D eigenvalue weighted by Crippen LogP contribution is -3.16. The van der Waals surface area contributed by atoms with Gasteiger partial charge in [-0.05, 0) is 32.2 Å². The Labute approximate surface area is 183 Å². The van der Waals surface area contributed by atoms with E-state index in [1.165, 1.54) is 20.9 Å². The van der Waals surface area contributed by atoms with Gasteiger partial charge in [0, 0.05) is 11.6 Å². The molecule has 1 aromatic heterocycles. The molecule has 1 aliphatic heterocycles. The highest BCUT2D eigenvalue weighted by molar-refractivity contribution is 7.10. The number of hydrogen-bond acceptors (Lipinski definition) is 3. The van der Waals surface area contributed by atoms with Crippen LogP contribution in [0.5, 0.6) is 0 Å². The number of thiophene rings is 1. The van der Waals surface area contributed by atoms with Gasteiger partial charge in [0.15, 0.2) is 13.1 Å². The number of nitrogens with zero attached hydrogens (tertiary/aromatic N) is 1. The molecule has 162 valence electrons. The van der Waals surface area contributed by atoms with Gasteiger partial charge in [0.05, 0.1) is 31.1 Å². The van der Waals surface area contributed by atoms with Crippen molar-refractivity contribution < 1.29 is 19.8 Å². The molecule has 4 N–H and O–H groups in total. The standard InChI is InChI=1S/C23H32N4O2S/c1-17(2)25-21(28)16-26-10-12-27(13-11-26)22(29)15-24-23(20-5-4-14-30-20)19-8-6-18(3)7-9-19/h4-9,14,17,23-24H,10-13,15-16H2,1-3H3,(H,25,28)/p+2/t23-/m1/s1. The van der Waals surface area contributed by atoms with E-state index in [1.807, 2.05) is 18.7 Å². The maximum absolute atomic E-state index is 12.8. The minimum Gasteiger partial charge on any atom is -0.349 e. The highest BCUT2D eigenvalue weighted by atomic mass is 32.1. The van der Waals surface area contributed by atoms with Crippen LogP contribution in [0.4, 0.5) is 0 Å². The Balaban J connectivity index is 1.51. The van der Waals surface area contributed by atoms with Crippen LogP contribution in [0.25, 0.3) is 0 Å². The normalized spacial score (nSPS) is 15.9. The van der Waals surface area contributed by atoms with Crippen molar-refractivity contribution in [3.63, 3.8) is 0 Å². The van der Waals surface area contributed by atoms with Crippen molar-refractivity contribution in [2.75, 3.05) is 39.3 Å². The summed E-state index contributed by atoms with van der Waals surface area (Å²) in [5.41, 5.74) is 2.46. The third-order valence-electron chi connectivity index (χ3n) is 5.50. The first-order valence-electron chi connectivity index (χ1n) is 10.8. The zero-order valence-corrected chi connectivity index (χ0v) is 19.0. The maximum atomic E-state index is 12.8. The van der Waals surface area contributed by atoms with Crippen LogP contribution in [0.1, 0.15) is 35.9 Å². The predicted octanol–water partition coefficient (Wildman–Crippen LogP) is -0.0390. The highest BCUT2D eigenvalue weighted by Gasteiger charge is 2.27. The summed E-state index contributed by atoms with van der Waals surface area (Å²) in [7, 11) is 0. The molecule has 1 saturated heterocycles. The minimum atomic E-state index is 0.0880. The number of rotatable bonds is 8. The number of hydrogen-bond donors (Lipinski definition) is 3. The molecule has 2 aromatic rings. The third kappa shape index (κ3) is 6.39. The van der Waals surface area contributed by atoms with E-state index in [0.717, 1.165) is 13.1 Å². The first-order chi connectivity index (χ1) is 14.4. The van der Waals surface area contributed by atoms with E-state index in [2.05, 4.69) is 59.3 Å². The predicted molar refractivity (Wildman–Crippen MR) is 120 cm³/mol. The summed E-state index contributed by atoms with van der Waals surface area (Å²) in [5, 5.41) is 7.18. The molecular weight excluding hydrogens is 396 g/mol. The summed E-state index contributed by atoms with van der Waals surface area (Å²) in [6.45, 7) is 10.0. The first-order valence-corrected chi connectivity index (χ1v) is 11.6. The van der Waals surface area contributed by atoms with Crippen molar-refractivity contribution in [2.45, 2.75) is 32.9 Å². The Morgan fingerprint density at radius 2 is 1.87 bits per heavy atom. The van der Waals surface area contributed by atoms with Crippen molar-refractivity contribution >= 4 is 23.2 Å². The molecule has 0 aliphatic carbocycles. The van der Waals surface area contributed by atoms with E-state index in [1.54, 1.807) is 11.3 Å². The Hall–Kier alpha value is -2.22. The summed E-state index contributed by atoms with van der Waals surface area (Å²) < 4.78 is 0. The number of quaternary nitrogens is 2. The van der Waals surface area contributed by atoms with Crippen molar-refractivity contribution in [3.8, 4) is 0 Å². The Morgan fingerprint density at radius 1 is 1.17 bits per heavy atom. The first kappa shape index (κ1) is 22.5. The number of carbonyl (C=O) groups excluding carboxylic acids is 2. The largest absolute Gasteiger partial charge is 0.349 e. The number of nitrogens with one attached hydrogen (secondary N) is 2. The number of nitrogens with two attached hydrogens (primary N) is 1. The van der Waals surface area contributed by atoms with Gasteiger partial charge in [-0.25, -0.2) is 0 Å². The fourth-order valence-electron chi connectivity index (χ4n) is 3.86. The molecule has 30 heavy (non-hydrogen) atoms. The zero-order chi connectivity index (χ0) is 21.5. The van der Waals surface area contributed by atoms with Gasteiger partial charge in [-0.2, -0.15) is 0 Å². The zero-order valence-electron chi connectivity index (χ0n) is 18.2. The van der Waals surface area contributed by atoms with Crippen molar-refractivity contribution in [1.29, 1.82) is 0 Å². The number of piperazine rings is 1. The van der Waals surface area contributed by atoms with E-state index < -0.39 is 0 Å². The average Bonchev–Trinajstić information content (AvgIpc) is 3.23. The van der Waals surface area contributed by atoms with Gasteiger partial charge in [0.1, 0.15) is 6.04 Å². The number of benzene rings is 1. The maximum Gasteiger partial charge on any atom is 0.278 e. The molecule has 0 saturated carbocycles. The van der Waals surface area contributed by atoms with Crippen molar-refractivity contribution in [1.82, 2.24) is 10.2 Å². The quantitative estimate of drug-likeness (QED) is 0.550. The Morgan fingerprint density at radius 3 is 2.47 bits per heavy atom.